The molecule has 0 bridgehead atoms. The summed E-state index contributed by atoms with van der Waals surface area (Å²) in [6, 6.07) is 12.7. The first-order valence-electron chi connectivity index (χ1n) is 9.72. The van der Waals surface area contributed by atoms with E-state index in [2.05, 4.69) is 9.78 Å². The molecule has 0 amide bonds. The molecular formula is C23H24O7. The maximum atomic E-state index is 12.5. The normalized spacial score (nSPS) is 19.3. The molecule has 1 atom stereocenters. The van der Waals surface area contributed by atoms with Crippen molar-refractivity contribution >= 4 is 17.9 Å². The molecule has 0 aromatic heterocycles. The van der Waals surface area contributed by atoms with Crippen molar-refractivity contribution in [2.75, 3.05) is 6.61 Å². The summed E-state index contributed by atoms with van der Waals surface area (Å²) >= 11 is 0. The maximum Gasteiger partial charge on any atom is 0.386 e. The van der Waals surface area contributed by atoms with Crippen LogP contribution in [0.3, 0.4) is 0 Å². The number of hydrogen-bond acceptors (Lipinski definition) is 7. The number of ether oxygens (including phenoxy) is 1. The van der Waals surface area contributed by atoms with Crippen LogP contribution < -0.4 is 0 Å². The molecule has 2 aromatic rings. The van der Waals surface area contributed by atoms with Gasteiger partial charge in [0.05, 0.1) is 17.7 Å². The molecule has 158 valence electrons. The van der Waals surface area contributed by atoms with Gasteiger partial charge in [0.25, 0.3) is 0 Å². The Balaban J connectivity index is 1.86. The van der Waals surface area contributed by atoms with E-state index in [-0.39, 0.29) is 29.6 Å². The van der Waals surface area contributed by atoms with E-state index in [1.807, 2.05) is 13.8 Å². The molecule has 2 aromatic carbocycles. The number of rotatable bonds is 4. The van der Waals surface area contributed by atoms with Crippen LogP contribution in [0.15, 0.2) is 48.5 Å². The molecule has 0 fully saturated rings. The van der Waals surface area contributed by atoms with Crippen LogP contribution >= 0.6 is 0 Å². The van der Waals surface area contributed by atoms with Crippen LogP contribution in [0.2, 0.25) is 0 Å². The molecule has 0 heterocycles. The summed E-state index contributed by atoms with van der Waals surface area (Å²) in [5, 5.41) is 11.1. The van der Waals surface area contributed by atoms with Crippen LogP contribution in [-0.2, 0) is 30.3 Å². The molecule has 0 spiro atoms. The Labute approximate surface area is 174 Å². The second-order valence-electron chi connectivity index (χ2n) is 7.83. The summed E-state index contributed by atoms with van der Waals surface area (Å²) in [4.78, 5) is 46.2. The highest BCUT2D eigenvalue weighted by Gasteiger charge is 2.48. The number of benzene rings is 2. The average molecular weight is 412 g/mol. The Morgan fingerprint density at radius 1 is 0.900 bits per heavy atom. The van der Waals surface area contributed by atoms with Crippen LogP contribution in [0.25, 0.3) is 0 Å². The number of aliphatic hydroxyl groups is 1. The van der Waals surface area contributed by atoms with Crippen molar-refractivity contribution in [2.24, 2.45) is 0 Å². The highest BCUT2D eigenvalue weighted by Crippen LogP contribution is 2.45. The van der Waals surface area contributed by atoms with Crippen LogP contribution in [-0.4, -0.2) is 29.6 Å². The lowest BCUT2D eigenvalue weighted by atomic mass is 9.66. The van der Waals surface area contributed by atoms with Crippen LogP contribution in [0, 0.1) is 0 Å². The van der Waals surface area contributed by atoms with Gasteiger partial charge >= 0.3 is 17.9 Å². The van der Waals surface area contributed by atoms with Gasteiger partial charge in [-0.2, -0.15) is 0 Å². The highest BCUT2D eigenvalue weighted by atomic mass is 17.2. The molecule has 1 aliphatic carbocycles. The lowest BCUT2D eigenvalue weighted by Crippen LogP contribution is -2.44. The monoisotopic (exact) mass is 412 g/mol. The van der Waals surface area contributed by atoms with Gasteiger partial charge in [-0.1, -0.05) is 38.1 Å². The van der Waals surface area contributed by atoms with Crippen molar-refractivity contribution in [2.45, 2.75) is 44.6 Å². The topological polar surface area (TPSA) is 99.1 Å². The van der Waals surface area contributed by atoms with Crippen LogP contribution in [0.4, 0.5) is 0 Å². The first-order valence-corrected chi connectivity index (χ1v) is 9.72. The number of carbonyl (C=O) groups is 3. The van der Waals surface area contributed by atoms with Crippen molar-refractivity contribution in [1.29, 1.82) is 0 Å². The fourth-order valence-corrected chi connectivity index (χ4v) is 3.57. The van der Waals surface area contributed by atoms with E-state index in [0.717, 1.165) is 5.56 Å². The highest BCUT2D eigenvalue weighted by molar-refractivity contribution is 5.93. The molecule has 0 aliphatic heterocycles. The third kappa shape index (κ3) is 4.07. The van der Waals surface area contributed by atoms with Gasteiger partial charge in [-0.3, -0.25) is 0 Å². The fourth-order valence-electron chi connectivity index (χ4n) is 3.57. The zero-order valence-corrected chi connectivity index (χ0v) is 17.1. The van der Waals surface area contributed by atoms with E-state index in [1.54, 1.807) is 31.2 Å². The number of hydrogen-bond donors (Lipinski definition) is 1. The quantitative estimate of drug-likeness (QED) is 0.466. The molecular weight excluding hydrogens is 388 g/mol. The molecule has 7 nitrogen and oxygen atoms in total. The molecule has 3 rings (SSSR count). The Morgan fingerprint density at radius 2 is 1.53 bits per heavy atom. The number of carbonyl (C=O) groups excluding carboxylic acids is 3. The summed E-state index contributed by atoms with van der Waals surface area (Å²) < 4.78 is 5.06. The van der Waals surface area contributed by atoms with Crippen molar-refractivity contribution in [1.82, 2.24) is 0 Å². The third-order valence-electron chi connectivity index (χ3n) is 5.36. The third-order valence-corrected chi connectivity index (χ3v) is 5.36. The molecule has 7 heteroatoms. The minimum absolute atomic E-state index is 0.0371. The summed E-state index contributed by atoms with van der Waals surface area (Å²) in [7, 11) is 0. The lowest BCUT2D eigenvalue weighted by Gasteiger charge is -2.40. The summed E-state index contributed by atoms with van der Waals surface area (Å²) in [5.41, 5.74) is -0.874. The fraction of sp³-hybridized carbons (Fsp3) is 0.348. The lowest BCUT2D eigenvalue weighted by molar-refractivity contribution is -0.187. The van der Waals surface area contributed by atoms with Crippen molar-refractivity contribution in [3.05, 3.63) is 70.8 Å². The Kier molecular flexibility index (Phi) is 5.94. The zero-order valence-electron chi connectivity index (χ0n) is 17.1. The molecule has 0 saturated heterocycles. The van der Waals surface area contributed by atoms with E-state index in [1.165, 1.54) is 24.3 Å². The number of esters is 1. The van der Waals surface area contributed by atoms with Gasteiger partial charge in [0.1, 0.15) is 0 Å². The second-order valence-corrected chi connectivity index (χ2v) is 7.83. The average Bonchev–Trinajstić information content (AvgIpc) is 2.75. The standard InChI is InChI=1S/C23H24O7/c1-4-28-21(26)23(27)13-12-22(2,3)17-11-10-16(14-18(17)23)20(25)30-29-19(24)15-8-6-5-7-9-15/h5-11,14,27H,4,12-13H2,1-3H3. The predicted molar refractivity (Wildman–Crippen MR) is 107 cm³/mol. The van der Waals surface area contributed by atoms with Gasteiger partial charge in [-0.05, 0) is 60.6 Å². The molecule has 30 heavy (non-hydrogen) atoms. The van der Waals surface area contributed by atoms with E-state index < -0.39 is 23.5 Å². The minimum atomic E-state index is -1.86. The number of fused-ring (bicyclic) bond motifs is 1. The van der Waals surface area contributed by atoms with E-state index in [9.17, 15) is 19.5 Å². The maximum absolute atomic E-state index is 12.5. The van der Waals surface area contributed by atoms with Gasteiger partial charge in [0, 0.05) is 0 Å². The molecule has 0 saturated carbocycles. The van der Waals surface area contributed by atoms with Crippen LogP contribution in [0.1, 0.15) is 65.5 Å². The van der Waals surface area contributed by atoms with E-state index in [4.69, 9.17) is 4.74 Å². The van der Waals surface area contributed by atoms with E-state index in [0.29, 0.717) is 12.0 Å². The first kappa shape index (κ1) is 21.5. The van der Waals surface area contributed by atoms with Gasteiger partial charge in [0.2, 0.25) is 0 Å². The van der Waals surface area contributed by atoms with Gasteiger partial charge in [-0.15, -0.1) is 0 Å². The molecule has 1 unspecified atom stereocenters. The summed E-state index contributed by atoms with van der Waals surface area (Å²) in [6.45, 7) is 5.77. The van der Waals surface area contributed by atoms with Gasteiger partial charge < -0.3 is 9.84 Å². The first-order chi connectivity index (χ1) is 14.2. The minimum Gasteiger partial charge on any atom is -0.464 e. The van der Waals surface area contributed by atoms with Gasteiger partial charge in [-0.25, -0.2) is 24.2 Å². The Bertz CT molecular complexity index is 965. The zero-order chi connectivity index (χ0) is 21.9. The molecule has 1 N–H and O–H groups in total. The van der Waals surface area contributed by atoms with Gasteiger partial charge in [0.15, 0.2) is 5.60 Å². The Morgan fingerprint density at radius 3 is 2.17 bits per heavy atom. The van der Waals surface area contributed by atoms with Crippen molar-refractivity contribution in [3.8, 4) is 0 Å². The SMILES string of the molecule is CCOC(=O)C1(O)CCC(C)(C)c2ccc(C(=O)OOC(=O)c3ccccc3)cc21. The van der Waals surface area contributed by atoms with Crippen molar-refractivity contribution < 1.29 is 34.0 Å². The molecule has 0 radical (unpaired) electrons. The predicted octanol–water partition coefficient (Wildman–Crippen LogP) is 3.44. The second kappa shape index (κ2) is 8.28. The summed E-state index contributed by atoms with van der Waals surface area (Å²) in [5.74, 6) is -2.49. The summed E-state index contributed by atoms with van der Waals surface area (Å²) in [6.07, 6.45) is 0.723. The van der Waals surface area contributed by atoms with Crippen LogP contribution in [0.5, 0.6) is 0 Å². The molecule has 1 aliphatic rings. The van der Waals surface area contributed by atoms with E-state index >= 15 is 0 Å². The largest absolute Gasteiger partial charge is 0.464 e. The van der Waals surface area contributed by atoms with Crippen molar-refractivity contribution in [3.63, 3.8) is 0 Å². The Hall–Kier alpha value is -3.19. The smallest absolute Gasteiger partial charge is 0.386 e.